The maximum atomic E-state index is 4.32. The van der Waals surface area contributed by atoms with Crippen LogP contribution in [0.2, 0.25) is 0 Å². The average molecular weight is 247 g/mol. The molecule has 7 heteroatoms. The Labute approximate surface area is 106 Å². The fraction of sp³-hybridized carbons (Fsp3) is 0.455. The molecule has 0 unspecified atom stereocenters. The molecule has 0 aromatic carbocycles. The largest absolute Gasteiger partial charge is 0.357 e. The van der Waals surface area contributed by atoms with Gasteiger partial charge in [-0.05, 0) is 12.0 Å². The van der Waals surface area contributed by atoms with E-state index >= 15 is 0 Å². The number of hydrogen-bond acceptors (Lipinski definition) is 6. The van der Waals surface area contributed by atoms with Crippen molar-refractivity contribution in [1.29, 1.82) is 0 Å². The van der Waals surface area contributed by atoms with E-state index in [4.69, 9.17) is 0 Å². The molecule has 2 N–H and O–H groups in total. The fourth-order valence-electron chi connectivity index (χ4n) is 1.34. The maximum absolute atomic E-state index is 4.32. The fourth-order valence-corrected chi connectivity index (χ4v) is 1.34. The van der Waals surface area contributed by atoms with Crippen LogP contribution in [0.3, 0.4) is 0 Å². The van der Waals surface area contributed by atoms with E-state index in [-0.39, 0.29) is 0 Å². The Balaban J connectivity index is 2.27. The smallest absolute Gasteiger partial charge is 0.257 e. The Morgan fingerprint density at radius 1 is 1.22 bits per heavy atom. The van der Waals surface area contributed by atoms with Gasteiger partial charge >= 0.3 is 0 Å². The Hall–Kier alpha value is -2.18. The van der Waals surface area contributed by atoms with Gasteiger partial charge in [-0.2, -0.15) is 20.1 Å². The summed E-state index contributed by atoms with van der Waals surface area (Å²) in [4.78, 5) is 12.8. The van der Waals surface area contributed by atoms with Crippen molar-refractivity contribution in [3.8, 4) is 5.95 Å². The van der Waals surface area contributed by atoms with Crippen molar-refractivity contribution in [3.63, 3.8) is 0 Å². The van der Waals surface area contributed by atoms with E-state index in [2.05, 4.69) is 44.5 Å². The minimum atomic E-state index is 0.491. The molecule has 0 fully saturated rings. The summed E-state index contributed by atoms with van der Waals surface area (Å²) in [6.07, 6.45) is 3.48. The molecule has 2 rings (SSSR count). The Kier molecular flexibility index (Phi) is 3.71. The van der Waals surface area contributed by atoms with Crippen LogP contribution in [0.25, 0.3) is 5.95 Å². The van der Waals surface area contributed by atoms with Gasteiger partial charge < -0.3 is 10.6 Å². The van der Waals surface area contributed by atoms with Crippen molar-refractivity contribution >= 4 is 11.9 Å². The average Bonchev–Trinajstić information content (AvgIpc) is 2.89. The first kappa shape index (κ1) is 12.3. The molecule has 96 valence electrons. The number of nitrogens with one attached hydrogen (secondary N) is 2. The third kappa shape index (κ3) is 2.93. The van der Waals surface area contributed by atoms with Crippen molar-refractivity contribution in [2.24, 2.45) is 5.92 Å². The van der Waals surface area contributed by atoms with E-state index in [1.165, 1.54) is 0 Å². The molecular formula is C11H17N7. The molecule has 2 heterocycles. The van der Waals surface area contributed by atoms with Gasteiger partial charge in [-0.25, -0.2) is 4.68 Å². The predicted molar refractivity (Wildman–Crippen MR) is 69.8 cm³/mol. The highest BCUT2D eigenvalue weighted by atomic mass is 15.4. The van der Waals surface area contributed by atoms with E-state index in [1.807, 2.05) is 6.07 Å². The second kappa shape index (κ2) is 5.44. The molecule has 0 bridgehead atoms. The molecule has 0 aliphatic carbocycles. The zero-order valence-electron chi connectivity index (χ0n) is 10.8. The topological polar surface area (TPSA) is 80.5 Å². The first-order chi connectivity index (χ1) is 8.69. The number of nitrogens with zero attached hydrogens (tertiary/aromatic N) is 5. The highest BCUT2D eigenvalue weighted by Crippen LogP contribution is 2.08. The van der Waals surface area contributed by atoms with Gasteiger partial charge in [0.2, 0.25) is 11.9 Å². The highest BCUT2D eigenvalue weighted by Gasteiger charge is 2.07. The summed E-state index contributed by atoms with van der Waals surface area (Å²) in [6.45, 7) is 5.06. The molecule has 2 aromatic heterocycles. The van der Waals surface area contributed by atoms with Gasteiger partial charge in [0.05, 0.1) is 0 Å². The van der Waals surface area contributed by atoms with E-state index < -0.39 is 0 Å². The Morgan fingerprint density at radius 3 is 2.61 bits per heavy atom. The SMILES string of the molecule is CNc1nc(NCC(C)C)nc(-n2cccn2)n1. The van der Waals surface area contributed by atoms with Gasteiger partial charge in [0.25, 0.3) is 5.95 Å². The molecule has 0 saturated heterocycles. The van der Waals surface area contributed by atoms with Crippen LogP contribution in [0.5, 0.6) is 0 Å². The van der Waals surface area contributed by atoms with Crippen LogP contribution in [-0.2, 0) is 0 Å². The van der Waals surface area contributed by atoms with Crippen LogP contribution in [-0.4, -0.2) is 38.3 Å². The standard InChI is InChI=1S/C11H17N7/c1-8(2)7-13-10-15-9(12-3)16-11(17-10)18-6-4-5-14-18/h4-6,8H,7H2,1-3H3,(H2,12,13,15,16,17). The first-order valence-electron chi connectivity index (χ1n) is 5.86. The van der Waals surface area contributed by atoms with Crippen LogP contribution in [0, 0.1) is 5.92 Å². The monoisotopic (exact) mass is 247 g/mol. The van der Waals surface area contributed by atoms with Crippen molar-refractivity contribution in [1.82, 2.24) is 24.7 Å². The van der Waals surface area contributed by atoms with Gasteiger partial charge in [0, 0.05) is 26.0 Å². The molecule has 0 aliphatic rings. The summed E-state index contributed by atoms with van der Waals surface area (Å²) >= 11 is 0. The second-order valence-electron chi connectivity index (χ2n) is 4.26. The van der Waals surface area contributed by atoms with Gasteiger partial charge in [-0.15, -0.1) is 0 Å². The van der Waals surface area contributed by atoms with E-state index in [0.717, 1.165) is 6.54 Å². The summed E-state index contributed by atoms with van der Waals surface area (Å²) in [5.41, 5.74) is 0. The maximum Gasteiger partial charge on any atom is 0.257 e. The Bertz CT molecular complexity index is 492. The minimum Gasteiger partial charge on any atom is -0.357 e. The summed E-state index contributed by atoms with van der Waals surface area (Å²) < 4.78 is 1.60. The summed E-state index contributed by atoms with van der Waals surface area (Å²) in [5.74, 6) is 2.08. The zero-order chi connectivity index (χ0) is 13.0. The van der Waals surface area contributed by atoms with Gasteiger partial charge in [0.15, 0.2) is 0 Å². The number of anilines is 2. The quantitative estimate of drug-likeness (QED) is 0.825. The van der Waals surface area contributed by atoms with E-state index in [1.54, 1.807) is 24.1 Å². The highest BCUT2D eigenvalue weighted by molar-refractivity contribution is 5.37. The molecule has 18 heavy (non-hydrogen) atoms. The molecule has 2 aromatic rings. The lowest BCUT2D eigenvalue weighted by Gasteiger charge is -2.09. The molecule has 0 spiro atoms. The third-order valence-corrected chi connectivity index (χ3v) is 2.22. The first-order valence-corrected chi connectivity index (χ1v) is 5.86. The van der Waals surface area contributed by atoms with Crippen LogP contribution in [0.4, 0.5) is 11.9 Å². The van der Waals surface area contributed by atoms with E-state index in [0.29, 0.717) is 23.8 Å². The number of aromatic nitrogens is 5. The normalized spacial score (nSPS) is 10.7. The molecule has 0 aliphatic heterocycles. The minimum absolute atomic E-state index is 0.491. The van der Waals surface area contributed by atoms with Crippen molar-refractivity contribution in [2.45, 2.75) is 13.8 Å². The van der Waals surface area contributed by atoms with Crippen molar-refractivity contribution in [2.75, 3.05) is 24.2 Å². The van der Waals surface area contributed by atoms with Crippen LogP contribution >= 0.6 is 0 Å². The molecular weight excluding hydrogens is 230 g/mol. The zero-order valence-corrected chi connectivity index (χ0v) is 10.8. The van der Waals surface area contributed by atoms with Gasteiger partial charge in [0.1, 0.15) is 0 Å². The van der Waals surface area contributed by atoms with Crippen LogP contribution in [0.15, 0.2) is 18.5 Å². The lowest BCUT2D eigenvalue weighted by Crippen LogP contribution is -2.14. The lowest BCUT2D eigenvalue weighted by molar-refractivity contribution is 0.682. The lowest BCUT2D eigenvalue weighted by atomic mass is 10.2. The molecule has 7 nitrogen and oxygen atoms in total. The summed E-state index contributed by atoms with van der Waals surface area (Å²) in [7, 11) is 1.77. The molecule has 0 saturated carbocycles. The summed E-state index contributed by atoms with van der Waals surface area (Å²) in [5, 5.41) is 10.2. The van der Waals surface area contributed by atoms with E-state index in [9.17, 15) is 0 Å². The molecule has 0 amide bonds. The summed E-state index contributed by atoms with van der Waals surface area (Å²) in [6, 6.07) is 1.82. The third-order valence-electron chi connectivity index (χ3n) is 2.22. The molecule has 0 radical (unpaired) electrons. The second-order valence-corrected chi connectivity index (χ2v) is 4.26. The predicted octanol–water partition coefficient (Wildman–Crippen LogP) is 1.17. The molecule has 0 atom stereocenters. The van der Waals surface area contributed by atoms with Crippen molar-refractivity contribution < 1.29 is 0 Å². The van der Waals surface area contributed by atoms with Crippen LogP contribution < -0.4 is 10.6 Å². The van der Waals surface area contributed by atoms with Crippen molar-refractivity contribution in [3.05, 3.63) is 18.5 Å². The van der Waals surface area contributed by atoms with Gasteiger partial charge in [-0.1, -0.05) is 13.8 Å². The number of rotatable bonds is 5. The van der Waals surface area contributed by atoms with Gasteiger partial charge in [-0.3, -0.25) is 0 Å². The number of hydrogen-bond donors (Lipinski definition) is 2. The Morgan fingerprint density at radius 2 is 2.00 bits per heavy atom. The van der Waals surface area contributed by atoms with Crippen LogP contribution in [0.1, 0.15) is 13.8 Å².